The first-order valence-corrected chi connectivity index (χ1v) is 7.60. The molecule has 1 heterocycles. The van der Waals surface area contributed by atoms with Gasteiger partial charge in [-0.25, -0.2) is 4.98 Å². The minimum Gasteiger partial charge on any atom is -0.444 e. The van der Waals surface area contributed by atoms with Crippen molar-refractivity contribution >= 4 is 5.96 Å². The molecule has 0 aliphatic carbocycles. The maximum absolute atomic E-state index is 5.54. The zero-order chi connectivity index (χ0) is 15.8. The zero-order valence-corrected chi connectivity index (χ0v) is 13.5. The van der Waals surface area contributed by atoms with Crippen molar-refractivity contribution in [1.82, 2.24) is 15.6 Å². The Morgan fingerprint density at radius 1 is 1.18 bits per heavy atom. The second-order valence-corrected chi connectivity index (χ2v) is 5.19. The van der Waals surface area contributed by atoms with Gasteiger partial charge in [-0.3, -0.25) is 4.99 Å². The minimum atomic E-state index is 0.535. The standard InChI is InChI=1S/C17H24N4O/c1-13-14(2)22-16(21-13)12-20-17(18-3)19-11-7-10-15-8-5-4-6-9-15/h4-6,8-9H,7,10-12H2,1-3H3,(H2,18,19,20). The fraction of sp³-hybridized carbons (Fsp3) is 0.412. The van der Waals surface area contributed by atoms with E-state index >= 15 is 0 Å². The lowest BCUT2D eigenvalue weighted by Gasteiger charge is -2.10. The first-order valence-electron chi connectivity index (χ1n) is 7.60. The Morgan fingerprint density at radius 3 is 2.59 bits per heavy atom. The first-order chi connectivity index (χ1) is 10.7. The van der Waals surface area contributed by atoms with Crippen molar-refractivity contribution in [2.45, 2.75) is 33.2 Å². The van der Waals surface area contributed by atoms with Gasteiger partial charge >= 0.3 is 0 Å². The molecule has 5 heteroatoms. The van der Waals surface area contributed by atoms with Crippen LogP contribution < -0.4 is 10.6 Å². The van der Waals surface area contributed by atoms with E-state index in [0.717, 1.165) is 36.8 Å². The van der Waals surface area contributed by atoms with Gasteiger partial charge < -0.3 is 15.1 Å². The number of benzene rings is 1. The summed E-state index contributed by atoms with van der Waals surface area (Å²) in [5, 5.41) is 6.51. The van der Waals surface area contributed by atoms with Gasteiger partial charge in [0, 0.05) is 13.6 Å². The summed E-state index contributed by atoms with van der Waals surface area (Å²) >= 11 is 0. The monoisotopic (exact) mass is 300 g/mol. The predicted octanol–water partition coefficient (Wildman–Crippen LogP) is 2.59. The number of aromatic nitrogens is 1. The lowest BCUT2D eigenvalue weighted by molar-refractivity contribution is 0.463. The molecule has 22 heavy (non-hydrogen) atoms. The third-order valence-electron chi connectivity index (χ3n) is 3.48. The number of aliphatic imine (C=N–C) groups is 1. The highest BCUT2D eigenvalue weighted by atomic mass is 16.4. The third kappa shape index (κ3) is 4.91. The molecule has 5 nitrogen and oxygen atoms in total. The van der Waals surface area contributed by atoms with E-state index in [1.807, 2.05) is 19.9 Å². The van der Waals surface area contributed by atoms with Crippen molar-refractivity contribution in [3.63, 3.8) is 0 Å². The Balaban J connectivity index is 1.69. The maximum atomic E-state index is 5.54. The molecule has 118 valence electrons. The summed E-state index contributed by atoms with van der Waals surface area (Å²) in [6.07, 6.45) is 2.12. The summed E-state index contributed by atoms with van der Waals surface area (Å²) < 4.78 is 5.54. The van der Waals surface area contributed by atoms with E-state index in [0.29, 0.717) is 12.4 Å². The minimum absolute atomic E-state index is 0.535. The number of aryl methyl sites for hydroxylation is 3. The van der Waals surface area contributed by atoms with E-state index in [1.54, 1.807) is 7.05 Å². The van der Waals surface area contributed by atoms with Gasteiger partial charge in [-0.05, 0) is 32.3 Å². The smallest absolute Gasteiger partial charge is 0.214 e. The van der Waals surface area contributed by atoms with Crippen LogP contribution in [0.15, 0.2) is 39.7 Å². The van der Waals surface area contributed by atoms with Crippen molar-refractivity contribution in [1.29, 1.82) is 0 Å². The predicted molar refractivity (Wildman–Crippen MR) is 88.9 cm³/mol. The summed E-state index contributed by atoms with van der Waals surface area (Å²) in [4.78, 5) is 8.54. The SMILES string of the molecule is CN=C(NCCCc1ccccc1)NCc1nc(C)c(C)o1. The summed E-state index contributed by atoms with van der Waals surface area (Å²) in [5.74, 6) is 2.31. The largest absolute Gasteiger partial charge is 0.444 e. The topological polar surface area (TPSA) is 62.5 Å². The molecular formula is C17H24N4O. The van der Waals surface area contributed by atoms with Crippen molar-refractivity contribution in [2.75, 3.05) is 13.6 Å². The maximum Gasteiger partial charge on any atom is 0.214 e. The van der Waals surface area contributed by atoms with Gasteiger partial charge in [0.15, 0.2) is 5.96 Å². The fourth-order valence-corrected chi connectivity index (χ4v) is 2.14. The average Bonchev–Trinajstić information content (AvgIpc) is 2.86. The molecule has 2 rings (SSSR count). The van der Waals surface area contributed by atoms with Crippen LogP contribution >= 0.6 is 0 Å². The third-order valence-corrected chi connectivity index (χ3v) is 3.48. The van der Waals surface area contributed by atoms with Crippen molar-refractivity contribution in [2.24, 2.45) is 4.99 Å². The van der Waals surface area contributed by atoms with E-state index in [-0.39, 0.29) is 0 Å². The van der Waals surface area contributed by atoms with Crippen molar-refractivity contribution < 1.29 is 4.42 Å². The normalized spacial score (nSPS) is 11.5. The molecule has 2 aromatic rings. The van der Waals surface area contributed by atoms with E-state index < -0.39 is 0 Å². The lowest BCUT2D eigenvalue weighted by atomic mass is 10.1. The van der Waals surface area contributed by atoms with Crippen LogP contribution in [0.3, 0.4) is 0 Å². The summed E-state index contributed by atoms with van der Waals surface area (Å²) in [6, 6.07) is 10.5. The Bertz CT molecular complexity index is 585. The number of rotatable bonds is 6. The van der Waals surface area contributed by atoms with Crippen molar-refractivity contribution in [3.05, 3.63) is 53.2 Å². The van der Waals surface area contributed by atoms with E-state index in [9.17, 15) is 0 Å². The van der Waals surface area contributed by atoms with E-state index in [4.69, 9.17) is 4.42 Å². The molecule has 0 spiro atoms. The first kappa shape index (κ1) is 16.1. The Morgan fingerprint density at radius 2 is 1.95 bits per heavy atom. The number of nitrogens with zero attached hydrogens (tertiary/aromatic N) is 2. The molecular weight excluding hydrogens is 276 g/mol. The number of hydrogen-bond acceptors (Lipinski definition) is 3. The van der Waals surface area contributed by atoms with E-state index in [1.165, 1.54) is 5.56 Å². The van der Waals surface area contributed by atoms with Crippen LogP contribution in [0, 0.1) is 13.8 Å². The van der Waals surface area contributed by atoms with Crippen LogP contribution in [0.5, 0.6) is 0 Å². The van der Waals surface area contributed by atoms with Gasteiger partial charge in [-0.1, -0.05) is 30.3 Å². The zero-order valence-electron chi connectivity index (χ0n) is 13.5. The molecule has 0 radical (unpaired) electrons. The van der Waals surface area contributed by atoms with Gasteiger partial charge in [0.2, 0.25) is 5.89 Å². The second kappa shape index (κ2) is 8.22. The van der Waals surface area contributed by atoms with Crippen LogP contribution in [-0.4, -0.2) is 24.5 Å². The van der Waals surface area contributed by atoms with Crippen LogP contribution in [0.1, 0.15) is 29.3 Å². The molecule has 2 N–H and O–H groups in total. The summed E-state index contributed by atoms with van der Waals surface area (Å²) in [6.45, 7) is 5.27. The fourth-order valence-electron chi connectivity index (χ4n) is 2.14. The lowest BCUT2D eigenvalue weighted by Crippen LogP contribution is -2.37. The summed E-state index contributed by atoms with van der Waals surface area (Å²) in [5.41, 5.74) is 2.29. The highest BCUT2D eigenvalue weighted by Crippen LogP contribution is 2.07. The second-order valence-electron chi connectivity index (χ2n) is 5.19. The molecule has 0 bridgehead atoms. The molecule has 0 saturated carbocycles. The van der Waals surface area contributed by atoms with Gasteiger partial charge in [-0.2, -0.15) is 0 Å². The highest BCUT2D eigenvalue weighted by molar-refractivity contribution is 5.79. The van der Waals surface area contributed by atoms with Gasteiger partial charge in [-0.15, -0.1) is 0 Å². The van der Waals surface area contributed by atoms with Gasteiger partial charge in [0.05, 0.1) is 12.2 Å². The van der Waals surface area contributed by atoms with Crippen molar-refractivity contribution in [3.8, 4) is 0 Å². The van der Waals surface area contributed by atoms with Crippen LogP contribution in [-0.2, 0) is 13.0 Å². The van der Waals surface area contributed by atoms with Crippen LogP contribution in [0.4, 0.5) is 0 Å². The number of nitrogens with one attached hydrogen (secondary N) is 2. The number of oxazole rings is 1. The van der Waals surface area contributed by atoms with Crippen LogP contribution in [0.25, 0.3) is 0 Å². The number of guanidine groups is 1. The van der Waals surface area contributed by atoms with Gasteiger partial charge in [0.25, 0.3) is 0 Å². The summed E-state index contributed by atoms with van der Waals surface area (Å²) in [7, 11) is 1.76. The Hall–Kier alpha value is -2.30. The Kier molecular flexibility index (Phi) is 6.01. The van der Waals surface area contributed by atoms with E-state index in [2.05, 4.69) is 44.9 Å². The molecule has 0 saturated heterocycles. The molecule has 0 aliphatic rings. The molecule has 0 amide bonds. The number of hydrogen-bond donors (Lipinski definition) is 2. The van der Waals surface area contributed by atoms with Gasteiger partial charge in [0.1, 0.15) is 5.76 Å². The van der Waals surface area contributed by atoms with Crippen LogP contribution in [0.2, 0.25) is 0 Å². The molecule has 0 aliphatic heterocycles. The molecule has 0 fully saturated rings. The molecule has 0 atom stereocenters. The Labute approximate surface area is 131 Å². The molecule has 1 aromatic heterocycles. The molecule has 1 aromatic carbocycles. The quantitative estimate of drug-likeness (QED) is 0.489. The average molecular weight is 300 g/mol. The highest BCUT2D eigenvalue weighted by Gasteiger charge is 2.06. The molecule has 0 unspecified atom stereocenters.